The van der Waals surface area contributed by atoms with E-state index < -0.39 is 4.92 Å². The number of hydrogen-bond donors (Lipinski definition) is 1. The summed E-state index contributed by atoms with van der Waals surface area (Å²) < 4.78 is 0. The molecule has 0 aromatic heterocycles. The van der Waals surface area contributed by atoms with Gasteiger partial charge < -0.3 is 5.32 Å². The van der Waals surface area contributed by atoms with Crippen LogP contribution >= 0.6 is 0 Å². The van der Waals surface area contributed by atoms with Crippen LogP contribution in [-0.4, -0.2) is 10.8 Å². The molecule has 0 fully saturated rings. The standard InChI is InChI=1S/C20H24N2O3/c1-13(2)11-16-5-7-17(8-6-16)15(4)20(23)21-19-10-9-18(22(24)25)12-14(19)3/h5-10,12-13,15H,11H2,1-4H3,(H,21,23). The van der Waals surface area contributed by atoms with Crippen LogP contribution in [-0.2, 0) is 11.2 Å². The Hall–Kier alpha value is -2.69. The van der Waals surface area contributed by atoms with Crippen molar-refractivity contribution in [3.05, 3.63) is 69.3 Å². The lowest BCUT2D eigenvalue weighted by Gasteiger charge is -2.15. The Morgan fingerprint density at radius 2 is 1.76 bits per heavy atom. The van der Waals surface area contributed by atoms with Crippen molar-refractivity contribution in [3.8, 4) is 0 Å². The summed E-state index contributed by atoms with van der Waals surface area (Å²) in [7, 11) is 0. The van der Waals surface area contributed by atoms with E-state index in [9.17, 15) is 14.9 Å². The average Bonchev–Trinajstić information content (AvgIpc) is 2.56. The highest BCUT2D eigenvalue weighted by atomic mass is 16.6. The zero-order valence-corrected chi connectivity index (χ0v) is 15.1. The molecule has 0 heterocycles. The summed E-state index contributed by atoms with van der Waals surface area (Å²) in [5.41, 5.74) is 3.49. The molecule has 0 radical (unpaired) electrons. The van der Waals surface area contributed by atoms with Crippen molar-refractivity contribution in [2.45, 2.75) is 40.0 Å². The van der Waals surface area contributed by atoms with Gasteiger partial charge in [-0.05, 0) is 48.9 Å². The van der Waals surface area contributed by atoms with Crippen molar-refractivity contribution in [2.75, 3.05) is 5.32 Å². The smallest absolute Gasteiger partial charge is 0.269 e. The second-order valence-corrected chi connectivity index (χ2v) is 6.81. The number of nitrogens with one attached hydrogen (secondary N) is 1. The van der Waals surface area contributed by atoms with Crippen molar-refractivity contribution >= 4 is 17.3 Å². The maximum absolute atomic E-state index is 12.5. The van der Waals surface area contributed by atoms with Crippen LogP contribution in [0, 0.1) is 23.0 Å². The first-order chi connectivity index (χ1) is 11.8. The van der Waals surface area contributed by atoms with Gasteiger partial charge in [0.15, 0.2) is 0 Å². The fourth-order valence-electron chi connectivity index (χ4n) is 2.71. The minimum atomic E-state index is -0.445. The SMILES string of the molecule is Cc1cc([N+](=O)[O-])ccc1NC(=O)C(C)c1ccc(CC(C)C)cc1. The minimum absolute atomic E-state index is 0.0179. The van der Waals surface area contributed by atoms with Crippen LogP contribution in [0.15, 0.2) is 42.5 Å². The Kier molecular flexibility index (Phi) is 5.91. The minimum Gasteiger partial charge on any atom is -0.325 e. The molecule has 25 heavy (non-hydrogen) atoms. The molecule has 0 aliphatic heterocycles. The molecule has 0 saturated heterocycles. The third-order valence-electron chi connectivity index (χ3n) is 4.20. The summed E-state index contributed by atoms with van der Waals surface area (Å²) in [5.74, 6) is 0.160. The molecule has 2 aromatic carbocycles. The first-order valence-corrected chi connectivity index (χ1v) is 8.42. The normalized spacial score (nSPS) is 12.0. The monoisotopic (exact) mass is 340 g/mol. The van der Waals surface area contributed by atoms with Crippen LogP contribution in [0.5, 0.6) is 0 Å². The van der Waals surface area contributed by atoms with Gasteiger partial charge in [-0.3, -0.25) is 14.9 Å². The van der Waals surface area contributed by atoms with Crippen LogP contribution in [0.1, 0.15) is 43.4 Å². The molecule has 0 saturated carbocycles. The topological polar surface area (TPSA) is 72.2 Å². The molecule has 5 heteroatoms. The molecule has 132 valence electrons. The first kappa shape index (κ1) is 18.6. The second kappa shape index (κ2) is 7.92. The second-order valence-electron chi connectivity index (χ2n) is 6.81. The van der Waals surface area contributed by atoms with Gasteiger partial charge in [0.25, 0.3) is 5.69 Å². The number of rotatable bonds is 6. The lowest BCUT2D eigenvalue weighted by Crippen LogP contribution is -2.19. The van der Waals surface area contributed by atoms with E-state index in [4.69, 9.17) is 0 Å². The predicted octanol–water partition coefficient (Wildman–Crippen LogP) is 4.84. The van der Waals surface area contributed by atoms with Crippen molar-refractivity contribution < 1.29 is 9.72 Å². The zero-order chi connectivity index (χ0) is 18.6. The van der Waals surface area contributed by atoms with Crippen molar-refractivity contribution in [3.63, 3.8) is 0 Å². The van der Waals surface area contributed by atoms with Gasteiger partial charge in [-0.25, -0.2) is 0 Å². The van der Waals surface area contributed by atoms with Gasteiger partial charge >= 0.3 is 0 Å². The summed E-state index contributed by atoms with van der Waals surface area (Å²) in [6.45, 7) is 7.95. The highest BCUT2D eigenvalue weighted by Gasteiger charge is 2.17. The molecule has 0 aliphatic rings. The van der Waals surface area contributed by atoms with Gasteiger partial charge in [0, 0.05) is 17.8 Å². The van der Waals surface area contributed by atoms with E-state index in [2.05, 4.69) is 31.3 Å². The molecular formula is C20H24N2O3. The van der Waals surface area contributed by atoms with E-state index in [1.165, 1.54) is 17.7 Å². The fraction of sp³-hybridized carbons (Fsp3) is 0.350. The van der Waals surface area contributed by atoms with Crippen LogP contribution in [0.3, 0.4) is 0 Å². The molecule has 0 spiro atoms. The number of non-ortho nitro benzene ring substituents is 1. The van der Waals surface area contributed by atoms with E-state index in [0.717, 1.165) is 12.0 Å². The Balaban J connectivity index is 2.08. The van der Waals surface area contributed by atoms with Gasteiger partial charge in [0.1, 0.15) is 0 Å². The highest BCUT2D eigenvalue weighted by molar-refractivity contribution is 5.96. The number of nitrogens with zero attached hydrogens (tertiary/aromatic N) is 1. The summed E-state index contributed by atoms with van der Waals surface area (Å²) in [5, 5.41) is 13.7. The van der Waals surface area contributed by atoms with E-state index >= 15 is 0 Å². The van der Waals surface area contributed by atoms with Gasteiger partial charge in [-0.1, -0.05) is 38.1 Å². The van der Waals surface area contributed by atoms with Crippen LogP contribution in [0.2, 0.25) is 0 Å². The van der Waals surface area contributed by atoms with Crippen molar-refractivity contribution in [1.82, 2.24) is 0 Å². The first-order valence-electron chi connectivity index (χ1n) is 8.42. The van der Waals surface area contributed by atoms with Gasteiger partial charge in [0.2, 0.25) is 5.91 Å². The molecule has 1 unspecified atom stereocenters. The van der Waals surface area contributed by atoms with Crippen LogP contribution in [0.25, 0.3) is 0 Å². The lowest BCUT2D eigenvalue weighted by molar-refractivity contribution is -0.384. The number of benzene rings is 2. The molecule has 0 aliphatic carbocycles. The third kappa shape index (κ3) is 4.89. The number of carbonyl (C=O) groups excluding carboxylic acids is 1. The molecule has 1 N–H and O–H groups in total. The predicted molar refractivity (Wildman–Crippen MR) is 99.9 cm³/mol. The van der Waals surface area contributed by atoms with E-state index in [1.54, 1.807) is 13.0 Å². The summed E-state index contributed by atoms with van der Waals surface area (Å²) in [6, 6.07) is 12.5. The number of nitro benzene ring substituents is 1. The van der Waals surface area contributed by atoms with E-state index in [0.29, 0.717) is 17.2 Å². The molecule has 1 atom stereocenters. The molecule has 0 bridgehead atoms. The van der Waals surface area contributed by atoms with Crippen molar-refractivity contribution in [2.24, 2.45) is 5.92 Å². The Bertz CT molecular complexity index is 767. The number of nitro groups is 1. The Labute approximate surface area is 148 Å². The third-order valence-corrected chi connectivity index (χ3v) is 4.20. The largest absolute Gasteiger partial charge is 0.325 e. The summed E-state index contributed by atoms with van der Waals surface area (Å²) >= 11 is 0. The number of carbonyl (C=O) groups is 1. The number of aryl methyl sites for hydroxylation is 1. The van der Waals surface area contributed by atoms with Crippen LogP contribution in [0.4, 0.5) is 11.4 Å². The van der Waals surface area contributed by atoms with Crippen LogP contribution < -0.4 is 5.32 Å². The maximum atomic E-state index is 12.5. The molecule has 2 rings (SSSR count). The molecular weight excluding hydrogens is 316 g/mol. The fourth-order valence-corrected chi connectivity index (χ4v) is 2.71. The average molecular weight is 340 g/mol. The van der Waals surface area contributed by atoms with Crippen molar-refractivity contribution in [1.29, 1.82) is 0 Å². The number of amides is 1. The van der Waals surface area contributed by atoms with Gasteiger partial charge in [-0.15, -0.1) is 0 Å². The Morgan fingerprint density at radius 1 is 1.12 bits per heavy atom. The number of hydrogen-bond acceptors (Lipinski definition) is 3. The van der Waals surface area contributed by atoms with Gasteiger partial charge in [-0.2, -0.15) is 0 Å². The highest BCUT2D eigenvalue weighted by Crippen LogP contribution is 2.24. The maximum Gasteiger partial charge on any atom is 0.269 e. The van der Waals surface area contributed by atoms with E-state index in [1.807, 2.05) is 19.1 Å². The van der Waals surface area contributed by atoms with E-state index in [-0.39, 0.29) is 17.5 Å². The molecule has 1 amide bonds. The quantitative estimate of drug-likeness (QED) is 0.604. The van der Waals surface area contributed by atoms with Gasteiger partial charge in [0.05, 0.1) is 10.8 Å². The summed E-state index contributed by atoms with van der Waals surface area (Å²) in [4.78, 5) is 22.8. The summed E-state index contributed by atoms with van der Waals surface area (Å²) in [6.07, 6.45) is 1.02. The zero-order valence-electron chi connectivity index (χ0n) is 15.1. The molecule has 2 aromatic rings. The lowest BCUT2D eigenvalue weighted by atomic mass is 9.96. The Morgan fingerprint density at radius 3 is 2.28 bits per heavy atom. The number of anilines is 1. The molecule has 5 nitrogen and oxygen atoms in total.